The van der Waals surface area contributed by atoms with E-state index in [1.165, 1.54) is 0 Å². The third kappa shape index (κ3) is 2.25. The largest absolute Gasteiger partial charge is 0.481 e. The van der Waals surface area contributed by atoms with Crippen molar-refractivity contribution >= 4 is 17.7 Å². The molecule has 34 heavy (non-hydrogen) atoms. The van der Waals surface area contributed by atoms with Crippen LogP contribution in [0.15, 0.2) is 23.0 Å². The molecule has 5 fully saturated rings. The van der Waals surface area contributed by atoms with Gasteiger partial charge < -0.3 is 23.7 Å². The lowest BCUT2D eigenvalue weighted by molar-refractivity contribution is -0.211. The molecule has 9 atom stereocenters. The number of carbonyl (C=O) groups is 3. The van der Waals surface area contributed by atoms with Crippen LogP contribution < -0.4 is 0 Å². The molecule has 3 aliphatic heterocycles. The van der Waals surface area contributed by atoms with E-state index in [0.717, 1.165) is 5.56 Å². The van der Waals surface area contributed by atoms with Crippen LogP contribution in [-0.2, 0) is 28.6 Å². The van der Waals surface area contributed by atoms with Crippen molar-refractivity contribution in [2.45, 2.75) is 89.8 Å². The van der Waals surface area contributed by atoms with Crippen molar-refractivity contribution in [1.29, 1.82) is 0 Å². The van der Waals surface area contributed by atoms with E-state index in [2.05, 4.69) is 13.8 Å². The topological polar surface area (TPSA) is 116 Å². The minimum absolute atomic E-state index is 0.0710. The quantitative estimate of drug-likeness (QED) is 0.523. The lowest BCUT2D eigenvalue weighted by Gasteiger charge is -2.64. The van der Waals surface area contributed by atoms with Gasteiger partial charge in [-0.05, 0) is 45.6 Å². The van der Waals surface area contributed by atoms with E-state index in [1.54, 1.807) is 18.6 Å². The first-order valence-electron chi connectivity index (χ1n) is 12.2. The van der Waals surface area contributed by atoms with Crippen molar-refractivity contribution in [1.82, 2.24) is 0 Å². The number of hydrogen-bond acceptors (Lipinski definition) is 7. The van der Waals surface area contributed by atoms with Gasteiger partial charge in [-0.2, -0.15) is 0 Å². The number of ketones is 1. The third-order valence-electron chi connectivity index (χ3n) is 10.6. The molecule has 6 rings (SSSR count). The number of rotatable bonds is 3. The number of Topliss-reactive ketones (excluding diaryl/α,β-unsaturated/α-hetero) is 1. The number of epoxide rings is 1. The van der Waals surface area contributed by atoms with E-state index >= 15 is 0 Å². The highest BCUT2D eigenvalue weighted by atomic mass is 16.7. The van der Waals surface area contributed by atoms with Gasteiger partial charge in [0.2, 0.25) is 0 Å². The molecule has 4 heterocycles. The molecule has 8 nitrogen and oxygen atoms in total. The third-order valence-corrected chi connectivity index (χ3v) is 10.6. The zero-order chi connectivity index (χ0) is 24.5. The smallest absolute Gasteiger partial charge is 0.339 e. The van der Waals surface area contributed by atoms with Gasteiger partial charge in [0.25, 0.3) is 0 Å². The Balaban J connectivity index is 1.51. The van der Waals surface area contributed by atoms with Crippen LogP contribution in [0, 0.1) is 28.1 Å². The van der Waals surface area contributed by atoms with Crippen LogP contribution in [0.3, 0.4) is 0 Å². The molecule has 5 aliphatic rings. The Bertz CT molecular complexity index is 1090. The van der Waals surface area contributed by atoms with Crippen molar-refractivity contribution in [3.05, 3.63) is 24.2 Å². The number of carboxylic acid groups (broad SMARTS) is 1. The van der Waals surface area contributed by atoms with Gasteiger partial charge in [-0.15, -0.1) is 0 Å². The molecule has 1 aromatic rings. The Kier molecular flexibility index (Phi) is 4.14. The Morgan fingerprint density at radius 1 is 1.09 bits per heavy atom. The highest BCUT2D eigenvalue weighted by molar-refractivity contribution is 5.93. The fraction of sp³-hybridized carbons (Fsp3) is 0.731. The van der Waals surface area contributed by atoms with Crippen LogP contribution in [0.5, 0.6) is 0 Å². The molecular formula is C26H32O8. The molecule has 0 bridgehead atoms. The number of hydrogen-bond donors (Lipinski definition) is 1. The van der Waals surface area contributed by atoms with Gasteiger partial charge in [0.05, 0.1) is 36.1 Å². The molecule has 1 spiro atoms. The first-order valence-corrected chi connectivity index (χ1v) is 12.2. The van der Waals surface area contributed by atoms with E-state index in [-0.39, 0.29) is 30.5 Å². The average Bonchev–Trinajstić information content (AvgIpc) is 3.25. The number of ether oxygens (including phenoxy) is 3. The Hall–Kier alpha value is -2.19. The van der Waals surface area contributed by atoms with Gasteiger partial charge in [-0.3, -0.25) is 9.59 Å². The number of aliphatic carboxylic acids is 1. The van der Waals surface area contributed by atoms with Crippen LogP contribution in [0.25, 0.3) is 0 Å². The summed E-state index contributed by atoms with van der Waals surface area (Å²) in [5, 5.41) is 9.68. The molecule has 1 aromatic heterocycles. The molecule has 2 saturated carbocycles. The van der Waals surface area contributed by atoms with Crippen LogP contribution in [0.4, 0.5) is 0 Å². The van der Waals surface area contributed by atoms with Gasteiger partial charge in [-0.1, -0.05) is 13.8 Å². The number of fused-ring (bicyclic) bond motifs is 3. The summed E-state index contributed by atoms with van der Waals surface area (Å²) in [5.41, 5.74) is -3.03. The molecule has 1 N–H and O–H groups in total. The minimum Gasteiger partial charge on any atom is -0.481 e. The Morgan fingerprint density at radius 3 is 2.47 bits per heavy atom. The molecule has 184 valence electrons. The zero-order valence-corrected chi connectivity index (χ0v) is 20.3. The fourth-order valence-corrected chi connectivity index (χ4v) is 9.09. The second-order valence-electron chi connectivity index (χ2n) is 12.2. The fourth-order valence-electron chi connectivity index (χ4n) is 9.09. The van der Waals surface area contributed by atoms with E-state index < -0.39 is 57.7 Å². The lowest BCUT2D eigenvalue weighted by Crippen LogP contribution is -2.71. The van der Waals surface area contributed by atoms with Gasteiger partial charge in [0.1, 0.15) is 17.5 Å². The maximum absolute atomic E-state index is 14.2. The Morgan fingerprint density at radius 2 is 1.82 bits per heavy atom. The summed E-state index contributed by atoms with van der Waals surface area (Å²) in [6.45, 7) is 10.0. The second kappa shape index (κ2) is 6.32. The molecule has 2 aliphatic carbocycles. The molecule has 9 unspecified atom stereocenters. The predicted molar refractivity (Wildman–Crippen MR) is 117 cm³/mol. The van der Waals surface area contributed by atoms with Crippen molar-refractivity contribution in [2.75, 3.05) is 0 Å². The molecule has 0 aromatic carbocycles. The first kappa shape index (κ1) is 22.3. The van der Waals surface area contributed by atoms with Crippen molar-refractivity contribution in [2.24, 2.45) is 28.1 Å². The van der Waals surface area contributed by atoms with Crippen LogP contribution in [0.2, 0.25) is 0 Å². The van der Waals surface area contributed by atoms with Gasteiger partial charge in [0.15, 0.2) is 6.10 Å². The number of carboxylic acids is 1. The van der Waals surface area contributed by atoms with Gasteiger partial charge in [0, 0.05) is 28.7 Å². The molecule has 3 saturated heterocycles. The summed E-state index contributed by atoms with van der Waals surface area (Å²) in [7, 11) is 0. The highest BCUT2D eigenvalue weighted by Crippen LogP contribution is 2.79. The highest BCUT2D eigenvalue weighted by Gasteiger charge is 2.89. The number of carbonyl (C=O) groups excluding carboxylic acids is 2. The summed E-state index contributed by atoms with van der Waals surface area (Å²) in [4.78, 5) is 39.1. The van der Waals surface area contributed by atoms with Gasteiger partial charge >= 0.3 is 11.9 Å². The summed E-state index contributed by atoms with van der Waals surface area (Å²) in [6.07, 6.45) is 2.74. The normalized spacial score (nSPS) is 50.4. The minimum atomic E-state index is -1.01. The number of furan rings is 1. The molecule has 0 amide bonds. The molecule has 8 heteroatoms. The number of esters is 1. The average molecular weight is 473 g/mol. The molecule has 0 radical (unpaired) electrons. The predicted octanol–water partition coefficient (Wildman–Crippen LogP) is 3.69. The summed E-state index contributed by atoms with van der Waals surface area (Å²) in [5.74, 6) is -1.60. The maximum Gasteiger partial charge on any atom is 0.339 e. The van der Waals surface area contributed by atoms with Crippen molar-refractivity contribution in [3.8, 4) is 0 Å². The Labute approximate surface area is 198 Å². The standard InChI is InChI=1S/C26H32O8/c1-22(2)15-10-16(27)25(5)14(24(15,4)17(33-22)11-18(28)29)6-8-23(3)19(13-7-9-31-12-13)32-21(30)20-26(23,25)34-20/h7,9,12,14-15,17,19-20H,6,8,10-11H2,1-5H3,(H,28,29). The first-order chi connectivity index (χ1) is 15.8. The monoisotopic (exact) mass is 472 g/mol. The summed E-state index contributed by atoms with van der Waals surface area (Å²) < 4.78 is 23.9. The SMILES string of the molecule is CC1(C)OC(CC(=O)O)C2(C)C1CC(=O)C1(C)C2CCC2(C)C(c3ccoc3)OC(=O)C3OC321. The van der Waals surface area contributed by atoms with Crippen molar-refractivity contribution in [3.63, 3.8) is 0 Å². The number of cyclic esters (lactones) is 1. The van der Waals surface area contributed by atoms with E-state index in [0.29, 0.717) is 12.8 Å². The summed E-state index contributed by atoms with van der Waals surface area (Å²) in [6, 6.07) is 1.80. The van der Waals surface area contributed by atoms with Crippen LogP contribution >= 0.6 is 0 Å². The van der Waals surface area contributed by atoms with E-state index in [1.807, 2.05) is 20.8 Å². The maximum atomic E-state index is 14.2. The second-order valence-corrected chi connectivity index (χ2v) is 12.2. The van der Waals surface area contributed by atoms with Crippen LogP contribution in [-0.4, -0.2) is 46.2 Å². The van der Waals surface area contributed by atoms with Crippen molar-refractivity contribution < 1.29 is 38.1 Å². The van der Waals surface area contributed by atoms with Gasteiger partial charge in [-0.25, -0.2) is 4.79 Å². The van der Waals surface area contributed by atoms with E-state index in [4.69, 9.17) is 18.6 Å². The summed E-state index contributed by atoms with van der Waals surface area (Å²) >= 11 is 0. The molecular weight excluding hydrogens is 440 g/mol. The zero-order valence-electron chi connectivity index (χ0n) is 20.3. The lowest BCUT2D eigenvalue weighted by atomic mass is 9.37. The van der Waals surface area contributed by atoms with Crippen LogP contribution in [0.1, 0.15) is 72.0 Å². The van der Waals surface area contributed by atoms with E-state index in [9.17, 15) is 19.5 Å².